The van der Waals surface area contributed by atoms with Gasteiger partial charge in [0.25, 0.3) is 0 Å². The van der Waals surface area contributed by atoms with E-state index in [1.807, 2.05) is 0 Å². The van der Waals surface area contributed by atoms with Crippen LogP contribution < -0.4 is 11.1 Å². The quantitative estimate of drug-likeness (QED) is 0.705. The Kier molecular flexibility index (Phi) is 4.73. The zero-order valence-corrected chi connectivity index (χ0v) is 8.96. The average Bonchev–Trinajstić information content (AvgIpc) is 2.42. The molecule has 4 nitrogen and oxygen atoms in total. The van der Waals surface area contributed by atoms with Crippen molar-refractivity contribution in [3.8, 4) is 0 Å². The van der Waals surface area contributed by atoms with Crippen molar-refractivity contribution in [1.82, 2.24) is 10.2 Å². The number of carbonyl (C=O) groups excluding carboxylic acids is 1. The number of primary amides is 1. The molecule has 1 unspecified atom stereocenters. The number of rotatable bonds is 3. The van der Waals surface area contributed by atoms with Crippen LogP contribution >= 0.6 is 0 Å². The van der Waals surface area contributed by atoms with E-state index in [-0.39, 0.29) is 6.03 Å². The van der Waals surface area contributed by atoms with E-state index in [1.54, 1.807) is 11.9 Å². The fraction of sp³-hybridized carbons (Fsp3) is 0.900. The van der Waals surface area contributed by atoms with E-state index in [9.17, 15) is 4.79 Å². The molecule has 1 heterocycles. The summed E-state index contributed by atoms with van der Waals surface area (Å²) in [6, 6.07) is -0.327. The van der Waals surface area contributed by atoms with Crippen molar-refractivity contribution < 1.29 is 4.79 Å². The van der Waals surface area contributed by atoms with E-state index in [1.165, 1.54) is 19.3 Å². The van der Waals surface area contributed by atoms with Gasteiger partial charge in [0.05, 0.1) is 0 Å². The molecule has 2 amide bonds. The number of nitrogens with one attached hydrogen (secondary N) is 1. The molecule has 1 aliphatic heterocycles. The summed E-state index contributed by atoms with van der Waals surface area (Å²) >= 11 is 0. The molecule has 1 aliphatic rings. The molecule has 82 valence electrons. The first-order valence-corrected chi connectivity index (χ1v) is 5.41. The summed E-state index contributed by atoms with van der Waals surface area (Å²) < 4.78 is 0. The molecule has 3 N–H and O–H groups in total. The zero-order chi connectivity index (χ0) is 10.4. The molecule has 0 aromatic rings. The van der Waals surface area contributed by atoms with Crippen molar-refractivity contribution in [2.45, 2.75) is 25.7 Å². The number of nitrogens with two attached hydrogens (primary N) is 1. The normalized spacial score (nSPS) is 22.8. The Morgan fingerprint density at radius 3 is 3.07 bits per heavy atom. The molecule has 0 aromatic heterocycles. The van der Waals surface area contributed by atoms with Crippen molar-refractivity contribution in [2.75, 3.05) is 26.7 Å². The lowest BCUT2D eigenvalue weighted by atomic mass is 10.00. The van der Waals surface area contributed by atoms with Gasteiger partial charge in [-0.2, -0.15) is 0 Å². The highest BCUT2D eigenvalue weighted by molar-refractivity contribution is 5.71. The van der Waals surface area contributed by atoms with Crippen LogP contribution in [0.1, 0.15) is 25.7 Å². The Morgan fingerprint density at radius 2 is 2.36 bits per heavy atom. The van der Waals surface area contributed by atoms with Crippen molar-refractivity contribution in [3.63, 3.8) is 0 Å². The monoisotopic (exact) mass is 199 g/mol. The molecule has 0 aliphatic carbocycles. The van der Waals surface area contributed by atoms with E-state index in [0.29, 0.717) is 5.92 Å². The number of hydrogen-bond acceptors (Lipinski definition) is 2. The summed E-state index contributed by atoms with van der Waals surface area (Å²) in [6.45, 7) is 3.01. The summed E-state index contributed by atoms with van der Waals surface area (Å²) in [4.78, 5) is 12.4. The largest absolute Gasteiger partial charge is 0.351 e. The van der Waals surface area contributed by atoms with Gasteiger partial charge in [0.15, 0.2) is 0 Å². The van der Waals surface area contributed by atoms with Crippen LogP contribution in [0.2, 0.25) is 0 Å². The van der Waals surface area contributed by atoms with Crippen LogP contribution in [-0.2, 0) is 0 Å². The van der Waals surface area contributed by atoms with Gasteiger partial charge < -0.3 is 16.0 Å². The van der Waals surface area contributed by atoms with Gasteiger partial charge in [-0.3, -0.25) is 0 Å². The fourth-order valence-electron chi connectivity index (χ4n) is 1.82. The Balaban J connectivity index is 2.18. The van der Waals surface area contributed by atoms with Crippen LogP contribution in [0.5, 0.6) is 0 Å². The summed E-state index contributed by atoms with van der Waals surface area (Å²) in [5, 5.41) is 3.42. The molecule has 1 rings (SSSR count). The summed E-state index contributed by atoms with van der Waals surface area (Å²) in [5.41, 5.74) is 5.15. The van der Waals surface area contributed by atoms with Crippen LogP contribution in [0.15, 0.2) is 0 Å². The molecule has 1 saturated heterocycles. The maximum Gasteiger partial charge on any atom is 0.314 e. The van der Waals surface area contributed by atoms with E-state index >= 15 is 0 Å². The maximum atomic E-state index is 10.8. The first-order chi connectivity index (χ1) is 6.70. The van der Waals surface area contributed by atoms with Gasteiger partial charge in [-0.25, -0.2) is 4.79 Å². The number of nitrogens with zero attached hydrogens (tertiary/aromatic N) is 1. The lowest BCUT2D eigenvalue weighted by Gasteiger charge is -2.19. The second-order valence-electron chi connectivity index (χ2n) is 4.11. The maximum absolute atomic E-state index is 10.8. The highest BCUT2D eigenvalue weighted by atomic mass is 16.2. The van der Waals surface area contributed by atoms with E-state index in [0.717, 1.165) is 26.1 Å². The molecule has 0 saturated carbocycles. The van der Waals surface area contributed by atoms with Gasteiger partial charge >= 0.3 is 6.03 Å². The molecule has 0 aromatic carbocycles. The number of carbonyl (C=O) groups is 1. The first kappa shape index (κ1) is 11.3. The molecular formula is C10H21N3O. The van der Waals surface area contributed by atoms with Crippen molar-refractivity contribution in [1.29, 1.82) is 0 Å². The minimum atomic E-state index is -0.327. The van der Waals surface area contributed by atoms with E-state index < -0.39 is 0 Å². The first-order valence-electron chi connectivity index (χ1n) is 5.41. The van der Waals surface area contributed by atoms with E-state index in [4.69, 9.17) is 5.73 Å². The molecule has 4 heteroatoms. The SMILES string of the molecule is CN(CCC1CCCCNC1)C(N)=O. The molecule has 0 spiro atoms. The molecular weight excluding hydrogens is 178 g/mol. The Morgan fingerprint density at radius 1 is 1.57 bits per heavy atom. The van der Waals surface area contributed by atoms with Crippen LogP contribution in [0, 0.1) is 5.92 Å². The van der Waals surface area contributed by atoms with Crippen LogP contribution in [0.25, 0.3) is 0 Å². The van der Waals surface area contributed by atoms with Crippen molar-refractivity contribution in [2.24, 2.45) is 11.7 Å². The number of amides is 2. The third-order valence-electron chi connectivity index (χ3n) is 2.90. The zero-order valence-electron chi connectivity index (χ0n) is 8.96. The molecule has 1 atom stereocenters. The molecule has 14 heavy (non-hydrogen) atoms. The van der Waals surface area contributed by atoms with Gasteiger partial charge in [0.1, 0.15) is 0 Å². The highest BCUT2D eigenvalue weighted by Gasteiger charge is 2.13. The third kappa shape index (κ3) is 3.96. The Labute approximate surface area is 85.8 Å². The van der Waals surface area contributed by atoms with Crippen molar-refractivity contribution >= 4 is 6.03 Å². The predicted octanol–water partition coefficient (Wildman–Crippen LogP) is 0.777. The van der Waals surface area contributed by atoms with E-state index in [2.05, 4.69) is 5.32 Å². The van der Waals surface area contributed by atoms with Crippen LogP contribution in [-0.4, -0.2) is 37.6 Å². The molecule has 1 fully saturated rings. The smallest absolute Gasteiger partial charge is 0.314 e. The van der Waals surface area contributed by atoms with Gasteiger partial charge in [0, 0.05) is 13.6 Å². The van der Waals surface area contributed by atoms with Crippen molar-refractivity contribution in [3.05, 3.63) is 0 Å². The summed E-state index contributed by atoms with van der Waals surface area (Å²) in [5.74, 6) is 0.708. The fourth-order valence-corrected chi connectivity index (χ4v) is 1.82. The standard InChI is InChI=1S/C10H21N3O/c1-13(10(11)14)7-5-9-4-2-3-6-12-8-9/h9,12H,2-8H2,1H3,(H2,11,14). The third-order valence-corrected chi connectivity index (χ3v) is 2.90. The predicted molar refractivity (Wildman–Crippen MR) is 57.0 cm³/mol. The minimum absolute atomic E-state index is 0.327. The lowest BCUT2D eigenvalue weighted by molar-refractivity contribution is 0.214. The lowest BCUT2D eigenvalue weighted by Crippen LogP contribution is -2.34. The average molecular weight is 199 g/mol. The van der Waals surface area contributed by atoms with Crippen LogP contribution in [0.4, 0.5) is 4.79 Å². The second kappa shape index (κ2) is 5.86. The second-order valence-corrected chi connectivity index (χ2v) is 4.11. The Bertz CT molecular complexity index is 176. The Hall–Kier alpha value is -0.770. The molecule has 0 bridgehead atoms. The number of urea groups is 1. The van der Waals surface area contributed by atoms with Gasteiger partial charge in [0.2, 0.25) is 0 Å². The van der Waals surface area contributed by atoms with Gasteiger partial charge in [-0.15, -0.1) is 0 Å². The highest BCUT2D eigenvalue weighted by Crippen LogP contribution is 2.14. The molecule has 0 radical (unpaired) electrons. The summed E-state index contributed by atoms with van der Waals surface area (Å²) in [6.07, 6.45) is 4.92. The summed E-state index contributed by atoms with van der Waals surface area (Å²) in [7, 11) is 1.76. The number of hydrogen-bond donors (Lipinski definition) is 2. The van der Waals surface area contributed by atoms with Gasteiger partial charge in [-0.05, 0) is 38.3 Å². The van der Waals surface area contributed by atoms with Gasteiger partial charge in [-0.1, -0.05) is 6.42 Å². The topological polar surface area (TPSA) is 58.4 Å². The minimum Gasteiger partial charge on any atom is -0.351 e. The van der Waals surface area contributed by atoms with Crippen LogP contribution in [0.3, 0.4) is 0 Å².